The van der Waals surface area contributed by atoms with Crippen LogP contribution in [-0.2, 0) is 4.74 Å². The number of hydrogen-bond donors (Lipinski definition) is 1. The molecule has 0 aromatic carbocycles. The molecule has 0 saturated carbocycles. The van der Waals surface area contributed by atoms with Crippen LogP contribution in [0.2, 0.25) is 0 Å². The molecule has 1 aliphatic heterocycles. The Balaban J connectivity index is 2.14. The van der Waals surface area contributed by atoms with Crippen molar-refractivity contribution in [1.82, 2.24) is 4.98 Å². The SMILES string of the molecule is Cc1csc(C2OCCCC2CO)n1. The quantitative estimate of drug-likeness (QED) is 0.816. The number of aliphatic hydroxyl groups is 1. The summed E-state index contributed by atoms with van der Waals surface area (Å²) in [6.07, 6.45) is 2.11. The summed E-state index contributed by atoms with van der Waals surface area (Å²) in [7, 11) is 0. The van der Waals surface area contributed by atoms with E-state index in [1.807, 2.05) is 12.3 Å². The summed E-state index contributed by atoms with van der Waals surface area (Å²) in [6.45, 7) is 2.97. The van der Waals surface area contributed by atoms with Crippen molar-refractivity contribution < 1.29 is 9.84 Å². The van der Waals surface area contributed by atoms with E-state index in [0.717, 1.165) is 30.2 Å². The third-order valence-electron chi connectivity index (χ3n) is 2.56. The molecule has 2 heterocycles. The second-order valence-corrected chi connectivity index (χ2v) is 4.59. The van der Waals surface area contributed by atoms with E-state index in [9.17, 15) is 5.11 Å². The molecule has 0 amide bonds. The molecule has 3 nitrogen and oxygen atoms in total. The van der Waals surface area contributed by atoms with E-state index in [2.05, 4.69) is 4.98 Å². The Morgan fingerprint density at radius 1 is 1.71 bits per heavy atom. The first-order valence-corrected chi connectivity index (χ1v) is 5.83. The molecule has 1 N–H and O–H groups in total. The van der Waals surface area contributed by atoms with Gasteiger partial charge in [-0.25, -0.2) is 4.98 Å². The van der Waals surface area contributed by atoms with Crippen molar-refractivity contribution in [3.63, 3.8) is 0 Å². The Kier molecular flexibility index (Phi) is 3.15. The smallest absolute Gasteiger partial charge is 0.122 e. The van der Waals surface area contributed by atoms with Crippen LogP contribution in [0, 0.1) is 12.8 Å². The Morgan fingerprint density at radius 3 is 3.21 bits per heavy atom. The van der Waals surface area contributed by atoms with Gasteiger partial charge in [0.1, 0.15) is 11.1 Å². The molecule has 1 saturated heterocycles. The van der Waals surface area contributed by atoms with Crippen LogP contribution in [0.4, 0.5) is 0 Å². The minimum atomic E-state index is 0.0208. The maximum Gasteiger partial charge on any atom is 0.122 e. The van der Waals surface area contributed by atoms with Gasteiger partial charge in [-0.2, -0.15) is 0 Å². The van der Waals surface area contributed by atoms with Crippen molar-refractivity contribution in [2.24, 2.45) is 5.92 Å². The van der Waals surface area contributed by atoms with Gasteiger partial charge >= 0.3 is 0 Å². The molecule has 1 aliphatic rings. The van der Waals surface area contributed by atoms with Crippen molar-refractivity contribution in [3.05, 3.63) is 16.1 Å². The molecule has 2 atom stereocenters. The van der Waals surface area contributed by atoms with Crippen LogP contribution in [0.1, 0.15) is 29.6 Å². The third kappa shape index (κ3) is 1.97. The first kappa shape index (κ1) is 10.1. The van der Waals surface area contributed by atoms with Crippen LogP contribution in [0.25, 0.3) is 0 Å². The standard InChI is InChI=1S/C10H15NO2S/c1-7-6-14-10(11-7)9-8(5-12)3-2-4-13-9/h6,8-9,12H,2-5H2,1H3. The molecular weight excluding hydrogens is 198 g/mol. The van der Waals surface area contributed by atoms with E-state index >= 15 is 0 Å². The molecule has 1 aromatic heterocycles. The molecule has 0 radical (unpaired) electrons. The van der Waals surface area contributed by atoms with E-state index < -0.39 is 0 Å². The van der Waals surface area contributed by atoms with Gasteiger partial charge in [-0.3, -0.25) is 0 Å². The lowest BCUT2D eigenvalue weighted by Gasteiger charge is -2.28. The minimum absolute atomic E-state index is 0.0208. The van der Waals surface area contributed by atoms with Gasteiger partial charge in [0.2, 0.25) is 0 Å². The number of ether oxygens (including phenoxy) is 1. The summed E-state index contributed by atoms with van der Waals surface area (Å²) in [4.78, 5) is 4.41. The fraction of sp³-hybridized carbons (Fsp3) is 0.700. The second-order valence-electron chi connectivity index (χ2n) is 3.70. The van der Waals surface area contributed by atoms with Gasteiger partial charge in [0, 0.05) is 30.2 Å². The zero-order valence-corrected chi connectivity index (χ0v) is 9.09. The van der Waals surface area contributed by atoms with Crippen LogP contribution in [0.5, 0.6) is 0 Å². The van der Waals surface area contributed by atoms with Gasteiger partial charge < -0.3 is 9.84 Å². The highest BCUT2D eigenvalue weighted by molar-refractivity contribution is 7.09. The highest BCUT2D eigenvalue weighted by Crippen LogP contribution is 2.34. The summed E-state index contributed by atoms with van der Waals surface area (Å²) < 4.78 is 5.67. The number of aromatic nitrogens is 1. The fourth-order valence-corrected chi connectivity index (χ4v) is 2.74. The number of rotatable bonds is 2. The van der Waals surface area contributed by atoms with Crippen molar-refractivity contribution in [3.8, 4) is 0 Å². The number of thiazole rings is 1. The summed E-state index contributed by atoms with van der Waals surface area (Å²) in [5, 5.41) is 12.3. The molecule has 78 valence electrons. The number of hydrogen-bond acceptors (Lipinski definition) is 4. The van der Waals surface area contributed by atoms with E-state index in [4.69, 9.17) is 4.74 Å². The van der Waals surface area contributed by atoms with Crippen molar-refractivity contribution >= 4 is 11.3 Å². The van der Waals surface area contributed by atoms with E-state index in [-0.39, 0.29) is 18.6 Å². The molecule has 0 spiro atoms. The molecule has 2 unspecified atom stereocenters. The zero-order chi connectivity index (χ0) is 9.97. The summed E-state index contributed by atoms with van der Waals surface area (Å²) in [5.41, 5.74) is 1.04. The number of aryl methyl sites for hydroxylation is 1. The largest absolute Gasteiger partial charge is 0.396 e. The molecule has 2 rings (SSSR count). The summed E-state index contributed by atoms with van der Waals surface area (Å²) >= 11 is 1.63. The molecule has 1 fully saturated rings. The van der Waals surface area contributed by atoms with Crippen LogP contribution in [-0.4, -0.2) is 23.3 Å². The van der Waals surface area contributed by atoms with Crippen molar-refractivity contribution in [1.29, 1.82) is 0 Å². The van der Waals surface area contributed by atoms with E-state index in [0.29, 0.717) is 0 Å². The number of nitrogens with zero attached hydrogens (tertiary/aromatic N) is 1. The maximum absolute atomic E-state index is 9.23. The van der Waals surface area contributed by atoms with Gasteiger partial charge in [-0.05, 0) is 19.8 Å². The first-order valence-electron chi connectivity index (χ1n) is 4.95. The van der Waals surface area contributed by atoms with Gasteiger partial charge in [-0.1, -0.05) is 0 Å². The second kappa shape index (κ2) is 4.38. The van der Waals surface area contributed by atoms with Crippen molar-refractivity contribution in [2.75, 3.05) is 13.2 Å². The van der Waals surface area contributed by atoms with Gasteiger partial charge in [0.15, 0.2) is 0 Å². The van der Waals surface area contributed by atoms with Crippen LogP contribution in [0.3, 0.4) is 0 Å². The monoisotopic (exact) mass is 213 g/mol. The van der Waals surface area contributed by atoms with E-state index in [1.54, 1.807) is 11.3 Å². The average molecular weight is 213 g/mol. The maximum atomic E-state index is 9.23. The Morgan fingerprint density at radius 2 is 2.57 bits per heavy atom. The van der Waals surface area contributed by atoms with Gasteiger partial charge in [0.25, 0.3) is 0 Å². The predicted molar refractivity (Wildman–Crippen MR) is 55.4 cm³/mol. The van der Waals surface area contributed by atoms with Crippen LogP contribution >= 0.6 is 11.3 Å². The Labute approximate surface area is 87.7 Å². The lowest BCUT2D eigenvalue weighted by molar-refractivity contribution is -0.0458. The third-order valence-corrected chi connectivity index (χ3v) is 3.58. The Hall–Kier alpha value is -0.450. The highest BCUT2D eigenvalue weighted by atomic mass is 32.1. The van der Waals surface area contributed by atoms with E-state index in [1.165, 1.54) is 0 Å². The first-order chi connectivity index (χ1) is 6.81. The molecule has 0 aliphatic carbocycles. The van der Waals surface area contributed by atoms with Crippen LogP contribution in [0.15, 0.2) is 5.38 Å². The topological polar surface area (TPSA) is 42.4 Å². The predicted octanol–water partition coefficient (Wildman–Crippen LogP) is 1.91. The number of aliphatic hydroxyl groups excluding tert-OH is 1. The van der Waals surface area contributed by atoms with Crippen LogP contribution < -0.4 is 0 Å². The Bertz CT molecular complexity index is 300. The zero-order valence-electron chi connectivity index (χ0n) is 8.27. The summed E-state index contributed by atoms with van der Waals surface area (Å²) in [6, 6.07) is 0. The minimum Gasteiger partial charge on any atom is -0.396 e. The lowest BCUT2D eigenvalue weighted by Crippen LogP contribution is -2.25. The lowest BCUT2D eigenvalue weighted by atomic mass is 9.95. The normalized spacial score (nSPS) is 27.9. The molecule has 0 bridgehead atoms. The molecule has 14 heavy (non-hydrogen) atoms. The summed E-state index contributed by atoms with van der Waals surface area (Å²) in [5.74, 6) is 0.231. The van der Waals surface area contributed by atoms with Gasteiger partial charge in [-0.15, -0.1) is 11.3 Å². The van der Waals surface area contributed by atoms with Crippen molar-refractivity contribution in [2.45, 2.75) is 25.9 Å². The molecular formula is C10H15NO2S. The molecule has 4 heteroatoms. The van der Waals surface area contributed by atoms with Gasteiger partial charge in [0.05, 0.1) is 0 Å². The fourth-order valence-electron chi connectivity index (χ4n) is 1.81. The molecule has 1 aromatic rings. The highest BCUT2D eigenvalue weighted by Gasteiger charge is 2.28. The average Bonchev–Trinajstić information content (AvgIpc) is 2.65.